The topological polar surface area (TPSA) is 52.0 Å². The van der Waals surface area contributed by atoms with Crippen molar-refractivity contribution >= 4 is 11.3 Å². The van der Waals surface area contributed by atoms with E-state index in [0.717, 1.165) is 42.6 Å². The van der Waals surface area contributed by atoms with Crippen molar-refractivity contribution in [3.8, 4) is 0 Å². The first kappa shape index (κ1) is 13.2. The number of nitrogens with zero attached hydrogens (tertiary/aromatic N) is 3. The lowest BCUT2D eigenvalue weighted by atomic mass is 10.4. The molecule has 0 aromatic carbocycles. The zero-order valence-corrected chi connectivity index (χ0v) is 11.5. The summed E-state index contributed by atoms with van der Waals surface area (Å²) in [6.45, 7) is 5.09. The molecule has 0 amide bonds. The van der Waals surface area contributed by atoms with Gasteiger partial charge in [0.25, 0.3) is 0 Å². The first-order chi connectivity index (χ1) is 8.78. The van der Waals surface area contributed by atoms with Gasteiger partial charge in [0, 0.05) is 31.8 Å². The van der Waals surface area contributed by atoms with Crippen LogP contribution in [0.5, 0.6) is 0 Å². The zero-order chi connectivity index (χ0) is 12.8. The maximum absolute atomic E-state index is 4.97. The monoisotopic (exact) mass is 266 g/mol. The molecule has 6 heteroatoms. The largest absolute Gasteiger partial charge is 0.383 e. The summed E-state index contributed by atoms with van der Waals surface area (Å²) in [6.07, 6.45) is 1.99. The molecule has 0 saturated heterocycles. The number of rotatable bonds is 7. The average molecular weight is 266 g/mol. The van der Waals surface area contributed by atoms with Gasteiger partial charge in [0.05, 0.1) is 29.5 Å². The van der Waals surface area contributed by atoms with Gasteiger partial charge < -0.3 is 10.1 Å². The van der Waals surface area contributed by atoms with Crippen LogP contribution in [-0.2, 0) is 17.8 Å². The van der Waals surface area contributed by atoms with Gasteiger partial charge in [0.15, 0.2) is 0 Å². The van der Waals surface area contributed by atoms with Crippen LogP contribution in [0.3, 0.4) is 0 Å². The van der Waals surface area contributed by atoms with E-state index < -0.39 is 0 Å². The maximum Gasteiger partial charge on any atom is 0.0898 e. The first-order valence-corrected chi connectivity index (χ1v) is 6.79. The molecule has 0 unspecified atom stereocenters. The van der Waals surface area contributed by atoms with Crippen LogP contribution in [0.15, 0.2) is 17.6 Å². The predicted molar refractivity (Wildman–Crippen MR) is 71.8 cm³/mol. The lowest BCUT2D eigenvalue weighted by Crippen LogP contribution is -2.19. The second kappa shape index (κ2) is 6.63. The molecule has 0 bridgehead atoms. The van der Waals surface area contributed by atoms with E-state index in [1.165, 1.54) is 0 Å². The van der Waals surface area contributed by atoms with E-state index >= 15 is 0 Å². The minimum atomic E-state index is 0.721. The van der Waals surface area contributed by atoms with Crippen molar-refractivity contribution in [1.82, 2.24) is 20.1 Å². The molecule has 98 valence electrons. The Bertz CT molecular complexity index is 480. The molecule has 18 heavy (non-hydrogen) atoms. The Labute approximate surface area is 111 Å². The number of methoxy groups -OCH3 is 1. The number of hydrogen-bond donors (Lipinski definition) is 1. The lowest BCUT2D eigenvalue weighted by molar-refractivity contribution is 0.199. The molecule has 0 fully saturated rings. The van der Waals surface area contributed by atoms with Gasteiger partial charge in [-0.1, -0.05) is 0 Å². The van der Waals surface area contributed by atoms with Gasteiger partial charge in [-0.15, -0.1) is 11.3 Å². The van der Waals surface area contributed by atoms with E-state index in [-0.39, 0.29) is 0 Å². The fraction of sp³-hybridized carbons (Fsp3) is 0.500. The average Bonchev–Trinajstić information content (AvgIpc) is 2.95. The van der Waals surface area contributed by atoms with Crippen molar-refractivity contribution in [2.45, 2.75) is 20.0 Å². The third-order valence-electron chi connectivity index (χ3n) is 2.48. The van der Waals surface area contributed by atoms with Crippen LogP contribution >= 0.6 is 11.3 Å². The predicted octanol–water partition coefficient (Wildman–Crippen LogP) is 1.43. The van der Waals surface area contributed by atoms with E-state index in [1.807, 2.05) is 23.9 Å². The highest BCUT2D eigenvalue weighted by molar-refractivity contribution is 7.09. The van der Waals surface area contributed by atoms with Crippen molar-refractivity contribution in [2.24, 2.45) is 0 Å². The summed E-state index contributed by atoms with van der Waals surface area (Å²) in [4.78, 5) is 4.43. The molecule has 0 atom stereocenters. The van der Waals surface area contributed by atoms with Crippen LogP contribution in [0.1, 0.15) is 16.4 Å². The van der Waals surface area contributed by atoms with E-state index in [4.69, 9.17) is 4.74 Å². The molecule has 0 radical (unpaired) electrons. The molecular formula is C12H18N4OS. The van der Waals surface area contributed by atoms with Crippen molar-refractivity contribution in [1.29, 1.82) is 0 Å². The summed E-state index contributed by atoms with van der Waals surface area (Å²) in [6, 6.07) is 2.03. The number of thiazole rings is 1. The fourth-order valence-electron chi connectivity index (χ4n) is 1.62. The summed E-state index contributed by atoms with van der Waals surface area (Å²) >= 11 is 1.67. The number of hydrogen-bond acceptors (Lipinski definition) is 5. The molecule has 0 aliphatic heterocycles. The molecule has 0 aliphatic rings. The number of ether oxygens (including phenoxy) is 1. The number of aromatic nitrogens is 3. The molecule has 5 nitrogen and oxygen atoms in total. The van der Waals surface area contributed by atoms with Gasteiger partial charge in [-0.05, 0) is 13.0 Å². The number of nitrogens with one attached hydrogen (secondary N) is 1. The fourth-order valence-corrected chi connectivity index (χ4v) is 2.23. The highest BCUT2D eigenvalue weighted by Gasteiger charge is 2.02. The van der Waals surface area contributed by atoms with Crippen LogP contribution < -0.4 is 5.32 Å². The van der Waals surface area contributed by atoms with Crippen LogP contribution in [0, 0.1) is 6.92 Å². The maximum atomic E-state index is 4.97. The Morgan fingerprint density at radius 2 is 2.33 bits per heavy atom. The quantitative estimate of drug-likeness (QED) is 0.770. The van der Waals surface area contributed by atoms with Crippen LogP contribution in [0.25, 0.3) is 0 Å². The number of aryl methyl sites for hydroxylation is 1. The third kappa shape index (κ3) is 3.90. The summed E-state index contributed by atoms with van der Waals surface area (Å²) in [5.41, 5.74) is 2.11. The summed E-state index contributed by atoms with van der Waals surface area (Å²) in [5.74, 6) is 0. The van der Waals surface area contributed by atoms with Crippen molar-refractivity contribution in [2.75, 3.05) is 20.3 Å². The SMILES string of the molecule is COCCNCc1ccn(Cc2csc(C)n2)n1. The summed E-state index contributed by atoms with van der Waals surface area (Å²) in [5, 5.41) is 10.9. The summed E-state index contributed by atoms with van der Waals surface area (Å²) < 4.78 is 6.89. The Morgan fingerprint density at radius 1 is 1.44 bits per heavy atom. The normalized spacial score (nSPS) is 11.0. The van der Waals surface area contributed by atoms with Crippen LogP contribution in [0.2, 0.25) is 0 Å². The Hall–Kier alpha value is -1.24. The van der Waals surface area contributed by atoms with E-state index in [0.29, 0.717) is 0 Å². The van der Waals surface area contributed by atoms with Gasteiger partial charge in [-0.25, -0.2) is 4.98 Å². The second-order valence-electron chi connectivity index (χ2n) is 4.03. The standard InChI is InChI=1S/C12H18N4OS/c1-10-14-12(9-18-10)8-16-5-3-11(15-16)7-13-4-6-17-2/h3,5,9,13H,4,6-8H2,1-2H3. The van der Waals surface area contributed by atoms with Crippen molar-refractivity contribution in [3.63, 3.8) is 0 Å². The molecule has 0 saturated carbocycles. The Balaban J connectivity index is 1.82. The smallest absolute Gasteiger partial charge is 0.0898 e. The van der Waals surface area contributed by atoms with Gasteiger partial charge in [0.1, 0.15) is 0 Å². The highest BCUT2D eigenvalue weighted by Crippen LogP contribution is 2.09. The molecule has 2 rings (SSSR count). The molecule has 0 spiro atoms. The zero-order valence-electron chi connectivity index (χ0n) is 10.7. The molecule has 1 N–H and O–H groups in total. The van der Waals surface area contributed by atoms with E-state index in [1.54, 1.807) is 18.4 Å². The molecule has 0 aliphatic carbocycles. The van der Waals surface area contributed by atoms with Gasteiger partial charge in [0.2, 0.25) is 0 Å². The highest BCUT2D eigenvalue weighted by atomic mass is 32.1. The first-order valence-electron chi connectivity index (χ1n) is 5.91. The third-order valence-corrected chi connectivity index (χ3v) is 3.30. The second-order valence-corrected chi connectivity index (χ2v) is 5.09. The minimum Gasteiger partial charge on any atom is -0.383 e. The summed E-state index contributed by atoms with van der Waals surface area (Å²) in [7, 11) is 1.70. The molecular weight excluding hydrogens is 248 g/mol. The molecule has 2 aromatic rings. The molecule has 2 heterocycles. The van der Waals surface area contributed by atoms with E-state index in [2.05, 4.69) is 20.8 Å². The van der Waals surface area contributed by atoms with Crippen molar-refractivity contribution < 1.29 is 4.74 Å². The van der Waals surface area contributed by atoms with Gasteiger partial charge in [-0.3, -0.25) is 4.68 Å². The van der Waals surface area contributed by atoms with Gasteiger partial charge >= 0.3 is 0 Å². The lowest BCUT2D eigenvalue weighted by Gasteiger charge is -2.01. The van der Waals surface area contributed by atoms with Crippen molar-refractivity contribution in [3.05, 3.63) is 34.0 Å². The Morgan fingerprint density at radius 3 is 3.06 bits per heavy atom. The van der Waals surface area contributed by atoms with Crippen LogP contribution in [-0.4, -0.2) is 35.0 Å². The van der Waals surface area contributed by atoms with E-state index in [9.17, 15) is 0 Å². The minimum absolute atomic E-state index is 0.721. The Kier molecular flexibility index (Phi) is 4.86. The van der Waals surface area contributed by atoms with Crippen LogP contribution in [0.4, 0.5) is 0 Å². The molecule has 2 aromatic heterocycles. The van der Waals surface area contributed by atoms with Gasteiger partial charge in [-0.2, -0.15) is 5.10 Å².